The maximum Gasteiger partial charge on any atom is 0.309 e. The van der Waals surface area contributed by atoms with E-state index in [0.29, 0.717) is 12.5 Å². The lowest BCUT2D eigenvalue weighted by Crippen LogP contribution is -2.44. The van der Waals surface area contributed by atoms with Gasteiger partial charge in [-0.1, -0.05) is 20.8 Å². The normalized spacial score (nSPS) is 12.4. The Morgan fingerprint density at radius 2 is 1.71 bits per heavy atom. The Balaban J connectivity index is 3.82. The van der Waals surface area contributed by atoms with Crippen LogP contribution in [0.2, 0.25) is 0 Å². The van der Waals surface area contributed by atoms with E-state index in [4.69, 9.17) is 0 Å². The van der Waals surface area contributed by atoms with Gasteiger partial charge >= 0.3 is 11.8 Å². The van der Waals surface area contributed by atoms with Crippen molar-refractivity contribution in [1.29, 1.82) is 0 Å². The van der Waals surface area contributed by atoms with E-state index in [1.54, 1.807) is 0 Å². The minimum atomic E-state index is -0.543. The van der Waals surface area contributed by atoms with Crippen LogP contribution in [0.3, 0.4) is 0 Å². The molecule has 0 bridgehead atoms. The van der Waals surface area contributed by atoms with E-state index in [1.807, 2.05) is 27.7 Å². The van der Waals surface area contributed by atoms with Gasteiger partial charge in [-0.05, 0) is 19.3 Å². The highest BCUT2D eigenvalue weighted by atomic mass is 16.2. The Kier molecular flexibility index (Phi) is 5.92. The zero-order chi connectivity index (χ0) is 11.1. The first-order chi connectivity index (χ1) is 6.47. The molecule has 82 valence electrons. The van der Waals surface area contributed by atoms with Crippen LogP contribution in [0.5, 0.6) is 0 Å². The molecular weight excluding hydrogens is 180 g/mol. The Hall–Kier alpha value is -1.06. The standard InChI is InChI=1S/C10H20N2O2/c1-5-8(4)12-10(14)9(13)11-6-7(2)3/h7-8H,5-6H2,1-4H3,(H,11,13)(H,12,14)/t8-/m1/s1. The smallest absolute Gasteiger partial charge is 0.309 e. The molecule has 0 unspecified atom stereocenters. The molecule has 0 spiro atoms. The van der Waals surface area contributed by atoms with Gasteiger partial charge in [0.1, 0.15) is 0 Å². The van der Waals surface area contributed by atoms with E-state index in [2.05, 4.69) is 10.6 Å². The molecule has 2 amide bonds. The molecule has 1 atom stereocenters. The van der Waals surface area contributed by atoms with Crippen molar-refractivity contribution in [2.45, 2.75) is 40.2 Å². The van der Waals surface area contributed by atoms with Gasteiger partial charge in [-0.2, -0.15) is 0 Å². The van der Waals surface area contributed by atoms with E-state index in [0.717, 1.165) is 6.42 Å². The van der Waals surface area contributed by atoms with E-state index < -0.39 is 11.8 Å². The molecule has 4 nitrogen and oxygen atoms in total. The van der Waals surface area contributed by atoms with Crippen LogP contribution in [0.1, 0.15) is 34.1 Å². The number of rotatable bonds is 4. The molecular formula is C10H20N2O2. The van der Waals surface area contributed by atoms with Gasteiger partial charge in [0.2, 0.25) is 0 Å². The monoisotopic (exact) mass is 200 g/mol. The zero-order valence-electron chi connectivity index (χ0n) is 9.39. The van der Waals surface area contributed by atoms with Crippen LogP contribution >= 0.6 is 0 Å². The highest BCUT2D eigenvalue weighted by Crippen LogP contribution is 1.89. The lowest BCUT2D eigenvalue weighted by Gasteiger charge is -2.11. The summed E-state index contributed by atoms with van der Waals surface area (Å²) >= 11 is 0. The summed E-state index contributed by atoms with van der Waals surface area (Å²) in [6, 6.07) is 0.0484. The summed E-state index contributed by atoms with van der Waals surface area (Å²) in [4.78, 5) is 22.4. The van der Waals surface area contributed by atoms with Crippen molar-refractivity contribution in [3.8, 4) is 0 Å². The summed E-state index contributed by atoms with van der Waals surface area (Å²) in [5.41, 5.74) is 0. The second kappa shape index (κ2) is 6.40. The van der Waals surface area contributed by atoms with Gasteiger partial charge in [0.15, 0.2) is 0 Å². The SMILES string of the molecule is CC[C@@H](C)NC(=O)C(=O)NCC(C)C. The molecule has 0 fully saturated rings. The average Bonchev–Trinajstić information content (AvgIpc) is 2.13. The van der Waals surface area contributed by atoms with Gasteiger partial charge in [-0.3, -0.25) is 9.59 Å². The predicted molar refractivity (Wildman–Crippen MR) is 55.7 cm³/mol. The van der Waals surface area contributed by atoms with Crippen LogP contribution in [-0.2, 0) is 9.59 Å². The summed E-state index contributed by atoms with van der Waals surface area (Å²) < 4.78 is 0. The molecule has 0 radical (unpaired) electrons. The lowest BCUT2D eigenvalue weighted by atomic mass is 10.2. The Labute approximate surface area is 85.4 Å². The molecule has 0 aromatic heterocycles. The number of nitrogens with one attached hydrogen (secondary N) is 2. The number of hydrogen-bond acceptors (Lipinski definition) is 2. The zero-order valence-corrected chi connectivity index (χ0v) is 9.39. The fourth-order valence-corrected chi connectivity index (χ4v) is 0.769. The molecule has 0 aliphatic heterocycles. The van der Waals surface area contributed by atoms with Gasteiger partial charge in [0.25, 0.3) is 0 Å². The molecule has 4 heteroatoms. The summed E-state index contributed by atoms with van der Waals surface area (Å²) in [6.45, 7) is 8.32. The van der Waals surface area contributed by atoms with Crippen molar-refractivity contribution in [3.63, 3.8) is 0 Å². The van der Waals surface area contributed by atoms with Crippen molar-refractivity contribution >= 4 is 11.8 Å². The fraction of sp³-hybridized carbons (Fsp3) is 0.800. The molecule has 0 aliphatic rings. The number of amides is 2. The van der Waals surface area contributed by atoms with E-state index in [1.165, 1.54) is 0 Å². The minimum Gasteiger partial charge on any atom is -0.348 e. The quantitative estimate of drug-likeness (QED) is 0.655. The second-order valence-corrected chi connectivity index (χ2v) is 3.89. The second-order valence-electron chi connectivity index (χ2n) is 3.89. The highest BCUT2D eigenvalue weighted by Gasteiger charge is 2.14. The summed E-state index contributed by atoms with van der Waals surface area (Å²) in [5.74, 6) is -0.727. The molecule has 0 aromatic rings. The fourth-order valence-electron chi connectivity index (χ4n) is 0.769. The molecule has 0 aromatic carbocycles. The molecule has 0 saturated carbocycles. The van der Waals surface area contributed by atoms with Crippen molar-refractivity contribution in [2.75, 3.05) is 6.54 Å². The summed E-state index contributed by atoms with van der Waals surface area (Å²) in [7, 11) is 0. The third-order valence-electron chi connectivity index (χ3n) is 1.87. The average molecular weight is 200 g/mol. The van der Waals surface area contributed by atoms with E-state index >= 15 is 0 Å². The largest absolute Gasteiger partial charge is 0.348 e. The first kappa shape index (κ1) is 12.9. The van der Waals surface area contributed by atoms with Gasteiger partial charge < -0.3 is 10.6 Å². The molecule has 0 saturated heterocycles. The molecule has 14 heavy (non-hydrogen) atoms. The van der Waals surface area contributed by atoms with Crippen LogP contribution in [0.4, 0.5) is 0 Å². The first-order valence-electron chi connectivity index (χ1n) is 5.06. The predicted octanol–water partition coefficient (Wildman–Crippen LogP) is 0.673. The maximum absolute atomic E-state index is 11.2. The Morgan fingerprint density at radius 1 is 1.14 bits per heavy atom. The van der Waals surface area contributed by atoms with Crippen LogP contribution in [0, 0.1) is 5.92 Å². The molecule has 0 aliphatic carbocycles. The van der Waals surface area contributed by atoms with E-state index in [-0.39, 0.29) is 6.04 Å². The molecule has 2 N–H and O–H groups in total. The third kappa shape index (κ3) is 5.56. The van der Waals surface area contributed by atoms with Gasteiger partial charge in [-0.25, -0.2) is 0 Å². The number of carbonyl (C=O) groups is 2. The van der Waals surface area contributed by atoms with Gasteiger partial charge in [0, 0.05) is 12.6 Å². The number of hydrogen-bond donors (Lipinski definition) is 2. The van der Waals surface area contributed by atoms with Gasteiger partial charge in [-0.15, -0.1) is 0 Å². The van der Waals surface area contributed by atoms with Crippen molar-refractivity contribution < 1.29 is 9.59 Å². The van der Waals surface area contributed by atoms with Crippen molar-refractivity contribution in [2.24, 2.45) is 5.92 Å². The third-order valence-corrected chi connectivity index (χ3v) is 1.87. The molecule has 0 heterocycles. The minimum absolute atomic E-state index is 0.0484. The Morgan fingerprint density at radius 3 is 2.14 bits per heavy atom. The van der Waals surface area contributed by atoms with Crippen LogP contribution in [0.15, 0.2) is 0 Å². The summed E-state index contributed by atoms with van der Waals surface area (Å²) in [5, 5.41) is 5.16. The Bertz CT molecular complexity index is 202. The topological polar surface area (TPSA) is 58.2 Å². The molecule has 0 rings (SSSR count). The first-order valence-corrected chi connectivity index (χ1v) is 5.06. The van der Waals surface area contributed by atoms with Crippen molar-refractivity contribution in [1.82, 2.24) is 10.6 Å². The van der Waals surface area contributed by atoms with E-state index in [9.17, 15) is 9.59 Å². The van der Waals surface area contributed by atoms with Crippen LogP contribution < -0.4 is 10.6 Å². The van der Waals surface area contributed by atoms with Gasteiger partial charge in [0.05, 0.1) is 0 Å². The maximum atomic E-state index is 11.2. The van der Waals surface area contributed by atoms with Crippen LogP contribution in [0.25, 0.3) is 0 Å². The number of carbonyl (C=O) groups excluding carboxylic acids is 2. The van der Waals surface area contributed by atoms with Crippen LogP contribution in [-0.4, -0.2) is 24.4 Å². The highest BCUT2D eigenvalue weighted by molar-refractivity contribution is 6.35. The van der Waals surface area contributed by atoms with Crippen molar-refractivity contribution in [3.05, 3.63) is 0 Å². The lowest BCUT2D eigenvalue weighted by molar-refractivity contribution is -0.139. The summed E-state index contributed by atoms with van der Waals surface area (Å²) in [6.07, 6.45) is 0.823.